The summed E-state index contributed by atoms with van der Waals surface area (Å²) in [7, 11) is 0. The second-order valence-corrected chi connectivity index (χ2v) is 12.0. The van der Waals surface area contributed by atoms with Crippen LogP contribution in [0.25, 0.3) is 0 Å². The van der Waals surface area contributed by atoms with E-state index in [-0.39, 0.29) is 49.4 Å². The number of aliphatic hydroxyl groups is 1. The van der Waals surface area contributed by atoms with Gasteiger partial charge in [-0.3, -0.25) is 14.4 Å². The monoisotopic (exact) mass is 581 g/mol. The molecule has 0 saturated carbocycles. The summed E-state index contributed by atoms with van der Waals surface area (Å²) in [6.07, 6.45) is 5.52. The molecule has 3 aliphatic rings. The maximum absolute atomic E-state index is 14.6. The topological polar surface area (TPSA) is 99.6 Å². The minimum atomic E-state index is -1.18. The molecule has 3 heterocycles. The van der Waals surface area contributed by atoms with Crippen LogP contribution in [0.1, 0.15) is 53.9 Å². The number of ether oxygens (including phenoxy) is 2. The van der Waals surface area contributed by atoms with Gasteiger partial charge in [-0.1, -0.05) is 32.4 Å². The molecule has 1 N–H and O–H groups in total. The van der Waals surface area contributed by atoms with Crippen molar-refractivity contribution in [3.63, 3.8) is 0 Å². The van der Waals surface area contributed by atoms with Gasteiger partial charge in [-0.15, -0.1) is 13.2 Å². The van der Waals surface area contributed by atoms with Crippen LogP contribution in [0.15, 0.2) is 49.6 Å². The zero-order chi connectivity index (χ0) is 30.8. The fourth-order valence-corrected chi connectivity index (χ4v) is 7.61. The van der Waals surface area contributed by atoms with Crippen molar-refractivity contribution in [3.05, 3.63) is 49.6 Å². The number of carbonyl (C=O) groups is 3. The number of carbonyl (C=O) groups excluding carboxylic acids is 3. The molecule has 0 radical (unpaired) electrons. The lowest BCUT2D eigenvalue weighted by Gasteiger charge is -2.39. The summed E-state index contributed by atoms with van der Waals surface area (Å²) in [5, 5.41) is 9.98. The van der Waals surface area contributed by atoms with Crippen LogP contribution in [0, 0.1) is 17.8 Å². The number of aliphatic hydroxyl groups excluding tert-OH is 1. The van der Waals surface area contributed by atoms with Crippen LogP contribution in [0.2, 0.25) is 0 Å². The Balaban J connectivity index is 1.79. The van der Waals surface area contributed by atoms with Gasteiger partial charge in [0.05, 0.1) is 30.7 Å². The fourth-order valence-electron chi connectivity index (χ4n) is 7.61. The van der Waals surface area contributed by atoms with Crippen molar-refractivity contribution in [1.82, 2.24) is 9.80 Å². The smallest absolute Gasteiger partial charge is 0.248 e. The Kier molecular flexibility index (Phi) is 9.52. The first-order valence-corrected chi connectivity index (χ1v) is 15.2. The van der Waals surface area contributed by atoms with Crippen LogP contribution in [-0.2, 0) is 19.1 Å². The number of likely N-dealkylation sites (tertiary alicyclic amines) is 1. The van der Waals surface area contributed by atoms with Crippen molar-refractivity contribution < 1.29 is 29.0 Å². The van der Waals surface area contributed by atoms with E-state index >= 15 is 0 Å². The van der Waals surface area contributed by atoms with E-state index in [9.17, 15) is 19.5 Å². The number of benzene rings is 1. The molecule has 0 aromatic heterocycles. The summed E-state index contributed by atoms with van der Waals surface area (Å²) < 4.78 is 12.5. The van der Waals surface area contributed by atoms with E-state index < -0.39 is 29.1 Å². The molecule has 1 aromatic rings. The zero-order valence-electron chi connectivity index (χ0n) is 25.8. The van der Waals surface area contributed by atoms with Gasteiger partial charge in [0.15, 0.2) is 0 Å². The molecule has 2 bridgehead atoms. The third kappa shape index (κ3) is 5.04. The highest BCUT2D eigenvalue weighted by Crippen LogP contribution is 2.65. The molecule has 3 aliphatic heterocycles. The lowest BCUT2D eigenvalue weighted by Crippen LogP contribution is -2.58. The molecule has 9 heteroatoms. The molecule has 1 aromatic carbocycles. The number of nitrogens with zero attached hydrogens (tertiary/aromatic N) is 3. The van der Waals surface area contributed by atoms with E-state index in [2.05, 4.69) is 20.1 Å². The lowest BCUT2D eigenvalue weighted by atomic mass is 9.62. The number of amides is 3. The molecular formula is C33H47N3O6. The third-order valence-corrected chi connectivity index (χ3v) is 9.54. The average Bonchev–Trinajstić information content (AvgIpc) is 3.47. The molecule has 4 unspecified atom stereocenters. The number of anilines is 1. The summed E-state index contributed by atoms with van der Waals surface area (Å²) in [5.41, 5.74) is -1.47. The van der Waals surface area contributed by atoms with Crippen molar-refractivity contribution in [3.8, 4) is 5.75 Å². The van der Waals surface area contributed by atoms with E-state index in [1.165, 1.54) is 4.90 Å². The van der Waals surface area contributed by atoms with Gasteiger partial charge in [-0.05, 0) is 63.8 Å². The highest BCUT2D eigenvalue weighted by atomic mass is 16.5. The largest absolute Gasteiger partial charge is 0.494 e. The van der Waals surface area contributed by atoms with Gasteiger partial charge in [0, 0.05) is 31.4 Å². The maximum atomic E-state index is 14.6. The summed E-state index contributed by atoms with van der Waals surface area (Å²) in [6.45, 7) is 18.4. The Labute approximate surface area is 250 Å². The van der Waals surface area contributed by atoms with Crippen LogP contribution in [-0.4, -0.2) is 88.8 Å². The van der Waals surface area contributed by atoms with Crippen molar-refractivity contribution in [2.75, 3.05) is 37.7 Å². The SMILES string of the molecule is C=CCN(C(=O)[C@@H]1[C@H]2C(=O)N(CCO)C(C(=O)N(CC=C)C(C)CCC)C23CC(C)[C@@]1(C)O3)c1ccc(OCC)cc1. The Bertz CT molecular complexity index is 1190. The molecule has 0 aliphatic carbocycles. The second kappa shape index (κ2) is 12.6. The summed E-state index contributed by atoms with van der Waals surface area (Å²) in [4.78, 5) is 48.2. The highest BCUT2D eigenvalue weighted by Gasteiger charge is 2.80. The predicted octanol–water partition coefficient (Wildman–Crippen LogP) is 3.81. The van der Waals surface area contributed by atoms with E-state index in [1.807, 2.05) is 52.0 Å². The summed E-state index contributed by atoms with van der Waals surface area (Å²) in [6, 6.07) is 6.26. The van der Waals surface area contributed by atoms with Crippen molar-refractivity contribution >= 4 is 23.4 Å². The normalized spacial score (nSPS) is 30.1. The highest BCUT2D eigenvalue weighted by molar-refractivity contribution is 6.03. The predicted molar refractivity (Wildman–Crippen MR) is 162 cm³/mol. The number of fused-ring (bicyclic) bond motifs is 1. The minimum absolute atomic E-state index is 0.0117. The summed E-state index contributed by atoms with van der Waals surface area (Å²) in [5.74, 6) is -1.85. The van der Waals surface area contributed by atoms with Crippen molar-refractivity contribution in [2.24, 2.45) is 17.8 Å². The first-order valence-electron chi connectivity index (χ1n) is 15.2. The van der Waals surface area contributed by atoms with Gasteiger partial charge >= 0.3 is 0 Å². The van der Waals surface area contributed by atoms with Gasteiger partial charge in [0.1, 0.15) is 17.4 Å². The van der Waals surface area contributed by atoms with Gasteiger partial charge < -0.3 is 29.3 Å². The van der Waals surface area contributed by atoms with Gasteiger partial charge in [-0.25, -0.2) is 0 Å². The Morgan fingerprint density at radius 3 is 2.43 bits per heavy atom. The average molecular weight is 582 g/mol. The third-order valence-electron chi connectivity index (χ3n) is 9.54. The molecule has 4 rings (SSSR count). The molecule has 3 fully saturated rings. The Morgan fingerprint density at radius 2 is 1.86 bits per heavy atom. The van der Waals surface area contributed by atoms with Crippen LogP contribution >= 0.6 is 0 Å². The molecule has 42 heavy (non-hydrogen) atoms. The van der Waals surface area contributed by atoms with Gasteiger partial charge in [0.25, 0.3) is 0 Å². The van der Waals surface area contributed by atoms with E-state index in [0.29, 0.717) is 31.0 Å². The van der Waals surface area contributed by atoms with Crippen molar-refractivity contribution in [2.45, 2.75) is 77.2 Å². The fraction of sp³-hybridized carbons (Fsp3) is 0.606. The molecule has 3 saturated heterocycles. The standard InChI is InChI=1S/C33H47N3O6/c1-8-12-23(6)34(17-9-2)31(40)28-33-21-22(5)32(7,42-33)26(27(33)30(39)36(28)19-20-37)29(38)35(18-10-3)24-13-15-25(16-14-24)41-11-4/h9-10,13-16,22-23,26-28,37H,2-3,8,11-12,17-21H2,1,4-7H3/t22?,23?,26-,27-,28?,32+,33?/m0/s1. The van der Waals surface area contributed by atoms with Crippen molar-refractivity contribution in [1.29, 1.82) is 0 Å². The van der Waals surface area contributed by atoms with Crippen LogP contribution in [0.3, 0.4) is 0 Å². The first-order chi connectivity index (χ1) is 20.1. The Hall–Kier alpha value is -3.17. The molecule has 7 atom stereocenters. The van der Waals surface area contributed by atoms with E-state index in [1.54, 1.807) is 22.0 Å². The van der Waals surface area contributed by atoms with Gasteiger partial charge in [-0.2, -0.15) is 0 Å². The number of rotatable bonds is 14. The van der Waals surface area contributed by atoms with Crippen LogP contribution in [0.5, 0.6) is 5.75 Å². The quantitative estimate of drug-likeness (QED) is 0.336. The first kappa shape index (κ1) is 31.8. The molecule has 1 spiro atoms. The molecule has 230 valence electrons. The number of hydrogen-bond acceptors (Lipinski definition) is 6. The van der Waals surface area contributed by atoms with Crippen LogP contribution < -0.4 is 9.64 Å². The Morgan fingerprint density at radius 1 is 1.19 bits per heavy atom. The minimum Gasteiger partial charge on any atom is -0.494 e. The molecule has 3 amide bonds. The number of β-amino-alcohol motifs (C(OH)–C–C–N with tert-alkyl or cyclic N) is 1. The second-order valence-electron chi connectivity index (χ2n) is 12.0. The molecular weight excluding hydrogens is 534 g/mol. The van der Waals surface area contributed by atoms with E-state index in [4.69, 9.17) is 9.47 Å². The number of hydrogen-bond donors (Lipinski definition) is 1. The van der Waals surface area contributed by atoms with Gasteiger partial charge in [0.2, 0.25) is 17.7 Å². The zero-order valence-corrected chi connectivity index (χ0v) is 25.8. The molecule has 9 nitrogen and oxygen atoms in total. The lowest BCUT2D eigenvalue weighted by molar-refractivity contribution is -0.153. The van der Waals surface area contributed by atoms with E-state index in [0.717, 1.165) is 12.8 Å². The van der Waals surface area contributed by atoms with Crippen LogP contribution in [0.4, 0.5) is 5.69 Å². The maximum Gasteiger partial charge on any atom is 0.248 e. The summed E-state index contributed by atoms with van der Waals surface area (Å²) >= 11 is 0.